The molecule has 104 valence electrons. The van der Waals surface area contributed by atoms with Crippen molar-refractivity contribution in [2.45, 2.75) is 6.04 Å². The van der Waals surface area contributed by atoms with Crippen molar-refractivity contribution in [1.82, 2.24) is 9.97 Å². The van der Waals surface area contributed by atoms with Gasteiger partial charge >= 0.3 is 0 Å². The molecule has 1 unspecified atom stereocenters. The molecule has 0 radical (unpaired) electrons. The van der Waals surface area contributed by atoms with Gasteiger partial charge in [-0.25, -0.2) is 4.98 Å². The van der Waals surface area contributed by atoms with E-state index in [4.69, 9.17) is 0 Å². The number of halogens is 1. The highest BCUT2D eigenvalue weighted by molar-refractivity contribution is 9.10. The molecule has 1 atom stereocenters. The van der Waals surface area contributed by atoms with Crippen LogP contribution in [0.2, 0.25) is 0 Å². The molecule has 0 fully saturated rings. The minimum absolute atomic E-state index is 0.0668. The maximum absolute atomic E-state index is 4.26. The second kappa shape index (κ2) is 6.50. The minimum Gasteiger partial charge on any atom is -0.373 e. The fourth-order valence-electron chi connectivity index (χ4n) is 2.19. The van der Waals surface area contributed by atoms with Crippen molar-refractivity contribution in [2.24, 2.45) is 0 Å². The quantitative estimate of drug-likeness (QED) is 0.714. The lowest BCUT2D eigenvalue weighted by molar-refractivity contribution is 0.931. The van der Waals surface area contributed by atoms with E-state index in [-0.39, 0.29) is 6.04 Å². The van der Waals surface area contributed by atoms with E-state index in [2.05, 4.69) is 43.3 Å². The van der Waals surface area contributed by atoms with Gasteiger partial charge in [0, 0.05) is 12.4 Å². The zero-order valence-corrected chi connectivity index (χ0v) is 12.9. The molecule has 0 aliphatic heterocycles. The first-order chi connectivity index (χ1) is 10.3. The lowest BCUT2D eigenvalue weighted by Gasteiger charge is -2.20. The van der Waals surface area contributed by atoms with Gasteiger partial charge in [-0.2, -0.15) is 0 Å². The van der Waals surface area contributed by atoms with E-state index in [9.17, 15) is 0 Å². The fourth-order valence-corrected chi connectivity index (χ4v) is 2.42. The number of pyridine rings is 2. The van der Waals surface area contributed by atoms with E-state index < -0.39 is 0 Å². The first kappa shape index (κ1) is 13.8. The highest BCUT2D eigenvalue weighted by atomic mass is 79.9. The van der Waals surface area contributed by atoms with Gasteiger partial charge in [0.2, 0.25) is 0 Å². The summed E-state index contributed by atoms with van der Waals surface area (Å²) in [5.74, 6) is 0. The second-order valence-electron chi connectivity index (χ2n) is 4.64. The topological polar surface area (TPSA) is 37.8 Å². The summed E-state index contributed by atoms with van der Waals surface area (Å²) in [6.07, 6.45) is 5.45. The molecule has 2 heterocycles. The molecule has 3 aromatic rings. The second-order valence-corrected chi connectivity index (χ2v) is 5.45. The van der Waals surface area contributed by atoms with Crippen LogP contribution in [0.1, 0.15) is 17.2 Å². The molecule has 0 saturated carbocycles. The Morgan fingerprint density at radius 1 is 0.857 bits per heavy atom. The molecule has 0 aliphatic carbocycles. The molecule has 0 saturated heterocycles. The zero-order valence-electron chi connectivity index (χ0n) is 11.3. The van der Waals surface area contributed by atoms with Crippen LogP contribution in [0.4, 0.5) is 5.69 Å². The number of aromatic nitrogens is 2. The summed E-state index contributed by atoms with van der Waals surface area (Å²) in [5, 5.41) is 3.53. The maximum Gasteiger partial charge on any atom is 0.106 e. The molecule has 0 bridgehead atoms. The van der Waals surface area contributed by atoms with Gasteiger partial charge < -0.3 is 5.32 Å². The summed E-state index contributed by atoms with van der Waals surface area (Å²) < 4.78 is 0.827. The standard InChI is InChI=1S/C17H14BrN3/c18-16-7-6-15(12-20-16)21-17(13-4-2-1-3-5-13)14-8-10-19-11-9-14/h1-12,17,21H. The van der Waals surface area contributed by atoms with Gasteiger partial charge in [0.25, 0.3) is 0 Å². The molecule has 21 heavy (non-hydrogen) atoms. The average molecular weight is 340 g/mol. The van der Waals surface area contributed by atoms with Crippen LogP contribution in [0.5, 0.6) is 0 Å². The number of nitrogens with zero attached hydrogens (tertiary/aromatic N) is 2. The van der Waals surface area contributed by atoms with Crippen LogP contribution in [0.25, 0.3) is 0 Å². The van der Waals surface area contributed by atoms with Crippen molar-refractivity contribution in [1.29, 1.82) is 0 Å². The van der Waals surface area contributed by atoms with Gasteiger partial charge in [-0.1, -0.05) is 30.3 Å². The Bertz CT molecular complexity index is 645. The van der Waals surface area contributed by atoms with Gasteiger partial charge in [-0.3, -0.25) is 4.98 Å². The SMILES string of the molecule is Brc1ccc(NC(c2ccccc2)c2ccncc2)cn1. The van der Waals surface area contributed by atoms with E-state index in [1.807, 2.05) is 61.1 Å². The third-order valence-corrected chi connectivity index (χ3v) is 3.68. The lowest BCUT2D eigenvalue weighted by atomic mass is 9.99. The smallest absolute Gasteiger partial charge is 0.106 e. The Morgan fingerprint density at radius 2 is 1.57 bits per heavy atom. The number of rotatable bonds is 4. The van der Waals surface area contributed by atoms with Gasteiger partial charge in [0.15, 0.2) is 0 Å². The van der Waals surface area contributed by atoms with Crippen molar-refractivity contribution >= 4 is 21.6 Å². The number of hydrogen-bond acceptors (Lipinski definition) is 3. The molecular formula is C17H14BrN3. The summed E-state index contributed by atoms with van der Waals surface area (Å²) in [6, 6.07) is 18.4. The fraction of sp³-hybridized carbons (Fsp3) is 0.0588. The Labute approximate surface area is 132 Å². The Balaban J connectivity index is 1.95. The zero-order chi connectivity index (χ0) is 14.5. The van der Waals surface area contributed by atoms with E-state index >= 15 is 0 Å². The summed E-state index contributed by atoms with van der Waals surface area (Å²) in [4.78, 5) is 8.36. The first-order valence-corrected chi connectivity index (χ1v) is 7.45. The van der Waals surface area contributed by atoms with Gasteiger partial charge in [0.05, 0.1) is 17.9 Å². The van der Waals surface area contributed by atoms with Gasteiger partial charge in [0.1, 0.15) is 4.60 Å². The summed E-state index contributed by atoms with van der Waals surface area (Å²) in [7, 11) is 0. The van der Waals surface area contributed by atoms with Crippen LogP contribution >= 0.6 is 15.9 Å². The first-order valence-electron chi connectivity index (χ1n) is 6.66. The number of anilines is 1. The summed E-state index contributed by atoms with van der Waals surface area (Å²) >= 11 is 3.35. The van der Waals surface area contributed by atoms with E-state index in [1.165, 1.54) is 11.1 Å². The van der Waals surface area contributed by atoms with Crippen LogP contribution in [0, 0.1) is 0 Å². The molecule has 0 spiro atoms. The molecule has 1 aromatic carbocycles. The third kappa shape index (κ3) is 3.47. The van der Waals surface area contributed by atoms with Crippen LogP contribution in [-0.2, 0) is 0 Å². The summed E-state index contributed by atoms with van der Waals surface area (Å²) in [5.41, 5.74) is 3.34. The summed E-state index contributed by atoms with van der Waals surface area (Å²) in [6.45, 7) is 0. The minimum atomic E-state index is 0.0668. The predicted octanol–water partition coefficient (Wildman–Crippen LogP) is 4.44. The number of benzene rings is 1. The molecule has 2 aromatic heterocycles. The van der Waals surface area contributed by atoms with Crippen LogP contribution in [-0.4, -0.2) is 9.97 Å². The normalized spacial score (nSPS) is 11.9. The Hall–Kier alpha value is -2.20. The monoisotopic (exact) mass is 339 g/mol. The van der Waals surface area contributed by atoms with Crippen LogP contribution < -0.4 is 5.32 Å². The van der Waals surface area contributed by atoms with Crippen molar-refractivity contribution in [3.63, 3.8) is 0 Å². The largest absolute Gasteiger partial charge is 0.373 e. The average Bonchev–Trinajstić information content (AvgIpc) is 2.56. The third-order valence-electron chi connectivity index (χ3n) is 3.21. The van der Waals surface area contributed by atoms with E-state index in [0.29, 0.717) is 0 Å². The Kier molecular flexibility index (Phi) is 4.26. The van der Waals surface area contributed by atoms with Crippen molar-refractivity contribution in [2.75, 3.05) is 5.32 Å². The molecule has 3 rings (SSSR count). The van der Waals surface area contributed by atoms with Gasteiger partial charge in [-0.05, 0) is 51.3 Å². The highest BCUT2D eigenvalue weighted by Crippen LogP contribution is 2.26. The highest BCUT2D eigenvalue weighted by Gasteiger charge is 2.13. The number of nitrogens with one attached hydrogen (secondary N) is 1. The molecule has 0 amide bonds. The molecular weight excluding hydrogens is 326 g/mol. The van der Waals surface area contributed by atoms with E-state index in [0.717, 1.165) is 10.3 Å². The lowest BCUT2D eigenvalue weighted by Crippen LogP contribution is -2.12. The van der Waals surface area contributed by atoms with Gasteiger partial charge in [-0.15, -0.1) is 0 Å². The van der Waals surface area contributed by atoms with E-state index in [1.54, 1.807) is 0 Å². The number of hydrogen-bond donors (Lipinski definition) is 1. The molecule has 1 N–H and O–H groups in total. The van der Waals surface area contributed by atoms with Crippen LogP contribution in [0.3, 0.4) is 0 Å². The maximum atomic E-state index is 4.26. The predicted molar refractivity (Wildman–Crippen MR) is 88.1 cm³/mol. The Morgan fingerprint density at radius 3 is 2.24 bits per heavy atom. The van der Waals surface area contributed by atoms with Crippen molar-refractivity contribution in [3.8, 4) is 0 Å². The molecule has 3 nitrogen and oxygen atoms in total. The molecule has 0 aliphatic rings. The van der Waals surface area contributed by atoms with Crippen molar-refractivity contribution < 1.29 is 0 Å². The van der Waals surface area contributed by atoms with Crippen molar-refractivity contribution in [3.05, 3.63) is 88.9 Å². The molecule has 4 heteroatoms. The van der Waals surface area contributed by atoms with Crippen LogP contribution in [0.15, 0.2) is 77.8 Å².